The van der Waals surface area contributed by atoms with Crippen molar-refractivity contribution in [2.75, 3.05) is 13.7 Å². The van der Waals surface area contributed by atoms with Crippen LogP contribution in [0.4, 0.5) is 0 Å². The van der Waals surface area contributed by atoms with Crippen molar-refractivity contribution in [2.24, 2.45) is 0 Å². The third-order valence-electron chi connectivity index (χ3n) is 6.11. The maximum atomic E-state index is 5.84. The summed E-state index contributed by atoms with van der Waals surface area (Å²) in [6, 6.07) is 10.6. The number of H-pyrrole nitrogens is 1. The van der Waals surface area contributed by atoms with Gasteiger partial charge in [-0.15, -0.1) is 0 Å². The second-order valence-electron chi connectivity index (χ2n) is 8.18. The van der Waals surface area contributed by atoms with Crippen LogP contribution in [0.5, 0.6) is 5.75 Å². The van der Waals surface area contributed by atoms with Crippen LogP contribution in [0.15, 0.2) is 41.0 Å². The van der Waals surface area contributed by atoms with Crippen molar-refractivity contribution < 1.29 is 9.15 Å². The third-order valence-corrected chi connectivity index (χ3v) is 6.48. The Balaban J connectivity index is 1.50. The van der Waals surface area contributed by atoms with E-state index in [-0.39, 0.29) is 0 Å². The van der Waals surface area contributed by atoms with Crippen LogP contribution in [0.1, 0.15) is 49.1 Å². The summed E-state index contributed by atoms with van der Waals surface area (Å²) in [6.07, 6.45) is 8.94. The van der Waals surface area contributed by atoms with Gasteiger partial charge in [-0.2, -0.15) is 0 Å². The highest BCUT2D eigenvalue weighted by Crippen LogP contribution is 2.27. The molecule has 1 aromatic carbocycles. The van der Waals surface area contributed by atoms with Crippen molar-refractivity contribution in [1.82, 2.24) is 15.2 Å². The molecule has 5 nitrogen and oxygen atoms in total. The maximum Gasteiger partial charge on any atom is 0.169 e. The molecule has 1 aliphatic rings. The first-order valence-electron chi connectivity index (χ1n) is 10.9. The average molecular weight is 426 g/mol. The number of thiocarbonyl (C=S) groups is 1. The number of fused-ring (bicyclic) bond motifs is 1. The molecular weight excluding hydrogens is 394 g/mol. The summed E-state index contributed by atoms with van der Waals surface area (Å²) in [4.78, 5) is 5.74. The van der Waals surface area contributed by atoms with E-state index in [4.69, 9.17) is 21.4 Å². The fourth-order valence-corrected chi connectivity index (χ4v) is 4.74. The van der Waals surface area contributed by atoms with E-state index in [9.17, 15) is 0 Å². The first-order valence-corrected chi connectivity index (χ1v) is 11.3. The van der Waals surface area contributed by atoms with Crippen LogP contribution in [0.3, 0.4) is 0 Å². The second kappa shape index (κ2) is 9.56. The largest absolute Gasteiger partial charge is 0.497 e. The molecule has 0 atom stereocenters. The van der Waals surface area contributed by atoms with Gasteiger partial charge < -0.3 is 24.4 Å². The van der Waals surface area contributed by atoms with Gasteiger partial charge in [0.2, 0.25) is 0 Å². The maximum absolute atomic E-state index is 5.84. The number of furan rings is 1. The topological polar surface area (TPSA) is 53.4 Å². The molecule has 30 heavy (non-hydrogen) atoms. The summed E-state index contributed by atoms with van der Waals surface area (Å²) in [6.45, 7) is 3.64. The highest BCUT2D eigenvalue weighted by molar-refractivity contribution is 7.80. The van der Waals surface area contributed by atoms with Gasteiger partial charge >= 0.3 is 0 Å². The van der Waals surface area contributed by atoms with E-state index in [1.54, 1.807) is 13.4 Å². The molecule has 0 saturated heterocycles. The normalized spacial score (nSPS) is 14.7. The molecular formula is C24H31N3O2S. The van der Waals surface area contributed by atoms with E-state index in [0.717, 1.165) is 35.1 Å². The Bertz CT molecular complexity index is 974. The van der Waals surface area contributed by atoms with Gasteiger partial charge in [-0.1, -0.05) is 19.3 Å². The van der Waals surface area contributed by atoms with Crippen LogP contribution in [0.2, 0.25) is 0 Å². The number of hydrogen-bond donors (Lipinski definition) is 2. The monoisotopic (exact) mass is 425 g/mol. The molecule has 2 N–H and O–H groups in total. The Hall–Kier alpha value is -2.47. The number of ether oxygens (including phenoxy) is 1. The molecule has 0 aliphatic heterocycles. The SMILES string of the molecule is COc1ccc2[nH]c(C)c(CCN(Cc3ccco3)C(=S)NC3CCCCC3)c2c1. The molecule has 0 amide bonds. The van der Waals surface area contributed by atoms with E-state index >= 15 is 0 Å². The number of nitrogens with one attached hydrogen (secondary N) is 2. The standard InChI is InChI=1S/C24H31N3O2S/c1-17-21(22-15-19(28-2)10-11-23(22)25-17)12-13-27(16-20-9-6-14-29-20)24(30)26-18-7-4-3-5-8-18/h6,9-11,14-15,18,25H,3-5,7-8,12-13,16H2,1-2H3,(H,26,30). The number of hydrogen-bond acceptors (Lipinski definition) is 3. The molecule has 1 saturated carbocycles. The summed E-state index contributed by atoms with van der Waals surface area (Å²) >= 11 is 5.84. The summed E-state index contributed by atoms with van der Waals surface area (Å²) < 4.78 is 11.1. The van der Waals surface area contributed by atoms with Crippen molar-refractivity contribution >= 4 is 28.2 Å². The van der Waals surface area contributed by atoms with Gasteiger partial charge in [0, 0.05) is 29.2 Å². The van der Waals surface area contributed by atoms with Gasteiger partial charge in [-0.25, -0.2) is 0 Å². The molecule has 0 bridgehead atoms. The van der Waals surface area contributed by atoms with Gasteiger partial charge in [0.25, 0.3) is 0 Å². The number of methoxy groups -OCH3 is 1. The Kier molecular flexibility index (Phi) is 6.62. The Morgan fingerprint density at radius 2 is 2.10 bits per heavy atom. The summed E-state index contributed by atoms with van der Waals surface area (Å²) in [5.74, 6) is 1.81. The lowest BCUT2D eigenvalue weighted by Gasteiger charge is -2.30. The molecule has 4 rings (SSSR count). The van der Waals surface area contributed by atoms with E-state index in [1.165, 1.54) is 48.7 Å². The Labute approximate surface area is 183 Å². The first kappa shape index (κ1) is 20.8. The molecule has 2 aromatic heterocycles. The van der Waals surface area contributed by atoms with E-state index < -0.39 is 0 Å². The quantitative estimate of drug-likeness (QED) is 0.501. The minimum absolute atomic E-state index is 0.490. The zero-order chi connectivity index (χ0) is 20.9. The second-order valence-corrected chi connectivity index (χ2v) is 8.56. The molecule has 3 aromatic rings. The summed E-state index contributed by atoms with van der Waals surface area (Å²) in [5, 5.41) is 5.67. The Morgan fingerprint density at radius 3 is 2.83 bits per heavy atom. The van der Waals surface area contributed by atoms with E-state index in [0.29, 0.717) is 12.6 Å². The zero-order valence-corrected chi connectivity index (χ0v) is 18.7. The van der Waals surface area contributed by atoms with Crippen molar-refractivity contribution in [2.45, 2.75) is 58.0 Å². The van der Waals surface area contributed by atoms with E-state index in [1.807, 2.05) is 18.2 Å². The number of rotatable bonds is 7. The lowest BCUT2D eigenvalue weighted by molar-refractivity contribution is 0.342. The average Bonchev–Trinajstić information content (AvgIpc) is 3.38. The highest BCUT2D eigenvalue weighted by Gasteiger charge is 2.19. The molecule has 0 unspecified atom stereocenters. The van der Waals surface area contributed by atoms with Gasteiger partial charge in [-0.3, -0.25) is 0 Å². The van der Waals surface area contributed by atoms with Crippen molar-refractivity contribution in [1.29, 1.82) is 0 Å². The van der Waals surface area contributed by atoms with Crippen LogP contribution >= 0.6 is 12.2 Å². The van der Waals surface area contributed by atoms with Crippen LogP contribution in [-0.2, 0) is 13.0 Å². The van der Waals surface area contributed by atoms with Crippen LogP contribution in [0, 0.1) is 6.92 Å². The predicted octanol–water partition coefficient (Wildman–Crippen LogP) is 5.33. The van der Waals surface area contributed by atoms with Crippen LogP contribution in [0.25, 0.3) is 10.9 Å². The number of aromatic amines is 1. The first-order chi connectivity index (χ1) is 14.6. The Morgan fingerprint density at radius 1 is 1.27 bits per heavy atom. The number of aryl methyl sites for hydroxylation is 1. The molecule has 2 heterocycles. The molecule has 6 heteroatoms. The van der Waals surface area contributed by atoms with E-state index in [2.05, 4.69) is 34.3 Å². The van der Waals surface area contributed by atoms with Crippen molar-refractivity contribution in [3.63, 3.8) is 0 Å². The van der Waals surface area contributed by atoms with Gasteiger partial charge in [0.05, 0.1) is 19.9 Å². The number of benzene rings is 1. The highest BCUT2D eigenvalue weighted by atomic mass is 32.1. The predicted molar refractivity (Wildman–Crippen MR) is 125 cm³/mol. The summed E-state index contributed by atoms with van der Waals surface area (Å²) in [7, 11) is 1.71. The molecule has 1 fully saturated rings. The van der Waals surface area contributed by atoms with Crippen molar-refractivity contribution in [3.8, 4) is 5.75 Å². The minimum Gasteiger partial charge on any atom is -0.497 e. The van der Waals surface area contributed by atoms with Gasteiger partial charge in [-0.05, 0) is 74.3 Å². The molecule has 160 valence electrons. The smallest absolute Gasteiger partial charge is 0.169 e. The zero-order valence-electron chi connectivity index (χ0n) is 17.9. The number of aromatic nitrogens is 1. The summed E-state index contributed by atoms with van der Waals surface area (Å²) in [5.41, 5.74) is 3.65. The number of nitrogens with zero attached hydrogens (tertiary/aromatic N) is 1. The lowest BCUT2D eigenvalue weighted by atomic mass is 9.96. The van der Waals surface area contributed by atoms with Gasteiger partial charge in [0.1, 0.15) is 11.5 Å². The van der Waals surface area contributed by atoms with Crippen LogP contribution in [-0.4, -0.2) is 34.7 Å². The third kappa shape index (κ3) is 4.81. The molecule has 0 radical (unpaired) electrons. The fourth-order valence-electron chi connectivity index (χ4n) is 4.41. The molecule has 0 spiro atoms. The van der Waals surface area contributed by atoms with Gasteiger partial charge in [0.15, 0.2) is 5.11 Å². The lowest BCUT2D eigenvalue weighted by Crippen LogP contribution is -2.45. The fraction of sp³-hybridized carbons (Fsp3) is 0.458. The minimum atomic E-state index is 0.490. The van der Waals surface area contributed by atoms with Crippen molar-refractivity contribution in [3.05, 3.63) is 53.6 Å². The van der Waals surface area contributed by atoms with Crippen LogP contribution < -0.4 is 10.1 Å². The molecule has 1 aliphatic carbocycles.